The first kappa shape index (κ1) is 19.9. The molecule has 0 aromatic heterocycles. The van der Waals surface area contributed by atoms with Crippen molar-refractivity contribution in [1.82, 2.24) is 10.0 Å². The molecule has 2 aromatic carbocycles. The van der Waals surface area contributed by atoms with Crippen LogP contribution in [0, 0.1) is 0 Å². The van der Waals surface area contributed by atoms with Crippen LogP contribution in [0.5, 0.6) is 0 Å². The third kappa shape index (κ3) is 6.50. The first-order valence-corrected chi connectivity index (χ1v) is 10.0. The summed E-state index contributed by atoms with van der Waals surface area (Å²) in [6.45, 7) is 1.46. The van der Waals surface area contributed by atoms with Crippen LogP contribution in [0.4, 0.5) is 5.69 Å². The number of benzene rings is 2. The summed E-state index contributed by atoms with van der Waals surface area (Å²) in [5.74, 6) is -0.164. The molecular weight excluding hydrogens is 350 g/mol. The van der Waals surface area contributed by atoms with Gasteiger partial charge in [-0.25, -0.2) is 13.1 Å². The highest BCUT2D eigenvalue weighted by molar-refractivity contribution is 7.89. The van der Waals surface area contributed by atoms with Crippen molar-refractivity contribution in [3.8, 4) is 0 Å². The van der Waals surface area contributed by atoms with Crippen LogP contribution in [-0.4, -0.2) is 41.0 Å². The summed E-state index contributed by atoms with van der Waals surface area (Å²) in [6.07, 6.45) is 0.924. The minimum atomic E-state index is -3.56. The van der Waals surface area contributed by atoms with Gasteiger partial charge in [0, 0.05) is 38.8 Å². The van der Waals surface area contributed by atoms with Gasteiger partial charge in [-0.05, 0) is 30.7 Å². The van der Waals surface area contributed by atoms with Gasteiger partial charge >= 0.3 is 0 Å². The third-order valence-electron chi connectivity index (χ3n) is 3.89. The van der Waals surface area contributed by atoms with Crippen molar-refractivity contribution in [2.45, 2.75) is 17.7 Å². The molecule has 0 atom stereocenters. The smallest absolute Gasteiger partial charge is 0.240 e. The quantitative estimate of drug-likeness (QED) is 0.623. The number of nitrogens with zero attached hydrogens (tertiary/aromatic N) is 1. The summed E-state index contributed by atoms with van der Waals surface area (Å²) < 4.78 is 26.5. The molecule has 0 aliphatic carbocycles. The second-order valence-corrected chi connectivity index (χ2v) is 7.69. The molecule has 0 heterocycles. The molecule has 0 spiro atoms. The number of para-hydroxylation sites is 1. The Bertz CT molecular complexity index is 780. The van der Waals surface area contributed by atoms with Gasteiger partial charge in [0.05, 0.1) is 4.90 Å². The fraction of sp³-hybridized carbons (Fsp3) is 0.316. The van der Waals surface area contributed by atoms with E-state index in [4.69, 9.17) is 0 Å². The van der Waals surface area contributed by atoms with Crippen molar-refractivity contribution in [2.75, 3.05) is 31.6 Å². The number of carbonyl (C=O) groups is 1. The fourth-order valence-electron chi connectivity index (χ4n) is 2.43. The van der Waals surface area contributed by atoms with Crippen LogP contribution >= 0.6 is 0 Å². The van der Waals surface area contributed by atoms with Crippen LogP contribution in [0.25, 0.3) is 0 Å². The Morgan fingerprint density at radius 2 is 1.58 bits per heavy atom. The Morgan fingerprint density at radius 1 is 0.962 bits per heavy atom. The number of hydrogen-bond donors (Lipinski definition) is 2. The number of nitrogens with one attached hydrogen (secondary N) is 2. The zero-order chi connectivity index (χ0) is 18.8. The number of sulfonamides is 1. The normalized spacial score (nSPS) is 11.1. The van der Waals surface area contributed by atoms with E-state index in [9.17, 15) is 13.2 Å². The molecule has 0 radical (unpaired) electrons. The molecule has 2 aromatic rings. The Hall–Kier alpha value is -2.38. The molecule has 0 aliphatic rings. The van der Waals surface area contributed by atoms with E-state index < -0.39 is 10.0 Å². The maximum absolute atomic E-state index is 12.0. The summed E-state index contributed by atoms with van der Waals surface area (Å²) in [5, 5.41) is 2.82. The van der Waals surface area contributed by atoms with E-state index in [2.05, 4.69) is 14.9 Å². The van der Waals surface area contributed by atoms with Crippen molar-refractivity contribution in [3.05, 3.63) is 60.7 Å². The minimum absolute atomic E-state index is 0.0764. The molecule has 0 unspecified atom stereocenters. The predicted molar refractivity (Wildman–Crippen MR) is 104 cm³/mol. The summed E-state index contributed by atoms with van der Waals surface area (Å²) >= 11 is 0. The van der Waals surface area contributed by atoms with Gasteiger partial charge in [-0.1, -0.05) is 36.4 Å². The van der Waals surface area contributed by atoms with Crippen molar-refractivity contribution >= 4 is 21.6 Å². The zero-order valence-corrected chi connectivity index (χ0v) is 15.7. The molecule has 0 saturated carbocycles. The van der Waals surface area contributed by atoms with Gasteiger partial charge < -0.3 is 10.2 Å². The highest BCUT2D eigenvalue weighted by Gasteiger charge is 2.13. The Labute approximate surface area is 155 Å². The third-order valence-corrected chi connectivity index (χ3v) is 5.36. The van der Waals surface area contributed by atoms with Crippen LogP contribution in [0.2, 0.25) is 0 Å². The monoisotopic (exact) mass is 375 g/mol. The second kappa shape index (κ2) is 9.94. The lowest BCUT2D eigenvalue weighted by Crippen LogP contribution is -2.32. The Balaban J connectivity index is 1.62. The zero-order valence-electron chi connectivity index (χ0n) is 14.9. The Kier molecular flexibility index (Phi) is 7.62. The predicted octanol–water partition coefficient (Wildman–Crippen LogP) is 2.00. The Morgan fingerprint density at radius 3 is 2.23 bits per heavy atom. The molecule has 0 fully saturated rings. The molecule has 2 rings (SSSR count). The number of carbonyl (C=O) groups excluding carboxylic acids is 1. The van der Waals surface area contributed by atoms with E-state index in [1.165, 1.54) is 12.1 Å². The number of amides is 1. The lowest BCUT2D eigenvalue weighted by atomic mass is 10.3. The van der Waals surface area contributed by atoms with E-state index in [1.807, 2.05) is 37.4 Å². The maximum atomic E-state index is 12.0. The van der Waals surface area contributed by atoms with Crippen molar-refractivity contribution in [1.29, 1.82) is 0 Å². The summed E-state index contributed by atoms with van der Waals surface area (Å²) in [5.41, 5.74) is 1.13. The van der Waals surface area contributed by atoms with Gasteiger partial charge in [-0.2, -0.15) is 0 Å². The largest absolute Gasteiger partial charge is 0.375 e. The van der Waals surface area contributed by atoms with Crippen LogP contribution in [0.15, 0.2) is 65.6 Å². The molecule has 1 amide bonds. The lowest BCUT2D eigenvalue weighted by Gasteiger charge is -2.19. The average molecular weight is 375 g/mol. The van der Waals surface area contributed by atoms with Crippen molar-refractivity contribution in [2.24, 2.45) is 0 Å². The van der Waals surface area contributed by atoms with Crippen molar-refractivity contribution in [3.63, 3.8) is 0 Å². The lowest BCUT2D eigenvalue weighted by molar-refractivity contribution is -0.120. The van der Waals surface area contributed by atoms with Gasteiger partial charge in [0.15, 0.2) is 0 Å². The maximum Gasteiger partial charge on any atom is 0.240 e. The molecule has 0 saturated heterocycles. The molecule has 2 N–H and O–H groups in total. The highest BCUT2D eigenvalue weighted by Crippen LogP contribution is 2.10. The number of rotatable bonds is 10. The first-order valence-electron chi connectivity index (χ1n) is 8.56. The van der Waals surface area contributed by atoms with Crippen LogP contribution in [0.1, 0.15) is 12.8 Å². The van der Waals surface area contributed by atoms with Crippen LogP contribution in [0.3, 0.4) is 0 Å². The average Bonchev–Trinajstić information content (AvgIpc) is 2.66. The van der Waals surface area contributed by atoms with Crippen LogP contribution < -0.4 is 14.9 Å². The number of anilines is 1. The van der Waals surface area contributed by atoms with Gasteiger partial charge in [0.25, 0.3) is 0 Å². The first-order chi connectivity index (χ1) is 12.5. The van der Waals surface area contributed by atoms with Crippen LogP contribution in [-0.2, 0) is 14.8 Å². The van der Waals surface area contributed by atoms with E-state index in [0.717, 1.165) is 18.7 Å². The van der Waals surface area contributed by atoms with E-state index in [0.29, 0.717) is 6.54 Å². The van der Waals surface area contributed by atoms with E-state index in [-0.39, 0.29) is 23.8 Å². The van der Waals surface area contributed by atoms with Gasteiger partial charge in [0.2, 0.25) is 15.9 Å². The van der Waals surface area contributed by atoms with Gasteiger partial charge in [-0.15, -0.1) is 0 Å². The standard InChI is InChI=1S/C19H25N3O3S/c1-22(17-9-4-2-5-10-17)16-8-14-20-19(23)13-15-21-26(24,25)18-11-6-3-7-12-18/h2-7,9-12,21H,8,13-16H2,1H3,(H,20,23). The number of hydrogen-bond acceptors (Lipinski definition) is 4. The molecule has 140 valence electrons. The second-order valence-electron chi connectivity index (χ2n) is 5.92. The molecule has 0 aliphatic heterocycles. The summed E-state index contributed by atoms with van der Waals surface area (Å²) in [4.78, 5) is 14.1. The topological polar surface area (TPSA) is 78.5 Å². The molecule has 26 heavy (non-hydrogen) atoms. The molecule has 6 nitrogen and oxygen atoms in total. The molecule has 7 heteroatoms. The van der Waals surface area contributed by atoms with E-state index >= 15 is 0 Å². The molecular formula is C19H25N3O3S. The SMILES string of the molecule is CN(CCCNC(=O)CCNS(=O)(=O)c1ccccc1)c1ccccc1. The molecule has 0 bridgehead atoms. The minimum Gasteiger partial charge on any atom is -0.375 e. The van der Waals surface area contributed by atoms with Crippen molar-refractivity contribution < 1.29 is 13.2 Å². The highest BCUT2D eigenvalue weighted by atomic mass is 32.2. The summed E-state index contributed by atoms with van der Waals surface area (Å²) in [6, 6.07) is 18.1. The van der Waals surface area contributed by atoms with Gasteiger partial charge in [0.1, 0.15) is 0 Å². The fourth-order valence-corrected chi connectivity index (χ4v) is 3.48. The van der Waals surface area contributed by atoms with Gasteiger partial charge in [-0.3, -0.25) is 4.79 Å². The summed E-state index contributed by atoms with van der Waals surface area (Å²) in [7, 11) is -1.55. The van der Waals surface area contributed by atoms with E-state index in [1.54, 1.807) is 18.2 Å².